The van der Waals surface area contributed by atoms with Gasteiger partial charge in [-0.05, 0) is 37.3 Å². The molecule has 1 atom stereocenters. The maximum Gasteiger partial charge on any atom is 0.0782 e. The number of piperidine rings is 1. The third-order valence-corrected chi connectivity index (χ3v) is 5.60. The van der Waals surface area contributed by atoms with Crippen molar-refractivity contribution in [2.24, 2.45) is 5.41 Å². The van der Waals surface area contributed by atoms with E-state index in [1.54, 1.807) is 0 Å². The van der Waals surface area contributed by atoms with Gasteiger partial charge in [0.1, 0.15) is 0 Å². The summed E-state index contributed by atoms with van der Waals surface area (Å²) in [5, 5.41) is 9.98. The lowest BCUT2D eigenvalue weighted by molar-refractivity contribution is 0.193. The van der Waals surface area contributed by atoms with Gasteiger partial charge in [0.05, 0.1) is 6.10 Å². The minimum Gasteiger partial charge on any atom is -0.389 e. The second kappa shape index (κ2) is 6.48. The Balaban J connectivity index is 2.20. The molecule has 2 rings (SSSR count). The molecule has 1 N–H and O–H groups in total. The molecule has 3 heteroatoms. The molecular formula is C17H26BrNO. The van der Waals surface area contributed by atoms with Gasteiger partial charge >= 0.3 is 0 Å². The van der Waals surface area contributed by atoms with Crippen molar-refractivity contribution in [3.05, 3.63) is 28.2 Å². The molecule has 112 valence electrons. The molecule has 1 heterocycles. The van der Waals surface area contributed by atoms with Crippen molar-refractivity contribution < 1.29 is 5.11 Å². The quantitative estimate of drug-likeness (QED) is 0.842. The zero-order valence-electron chi connectivity index (χ0n) is 12.8. The topological polar surface area (TPSA) is 23.5 Å². The van der Waals surface area contributed by atoms with Gasteiger partial charge in [-0.25, -0.2) is 0 Å². The van der Waals surface area contributed by atoms with E-state index in [-0.39, 0.29) is 0 Å². The summed E-state index contributed by atoms with van der Waals surface area (Å²) >= 11 is 3.55. The third-order valence-electron chi connectivity index (χ3n) is 5.11. The van der Waals surface area contributed by atoms with Crippen molar-refractivity contribution in [1.82, 2.24) is 0 Å². The number of halogens is 1. The predicted molar refractivity (Wildman–Crippen MR) is 89.2 cm³/mol. The maximum atomic E-state index is 9.98. The van der Waals surface area contributed by atoms with Crippen molar-refractivity contribution in [3.8, 4) is 0 Å². The molecule has 1 fully saturated rings. The van der Waals surface area contributed by atoms with Crippen LogP contribution in [-0.2, 0) is 0 Å². The number of rotatable bonds is 4. The third kappa shape index (κ3) is 3.20. The lowest BCUT2D eigenvalue weighted by Gasteiger charge is -2.42. The first-order chi connectivity index (χ1) is 9.51. The first-order valence-electron chi connectivity index (χ1n) is 7.74. The molecule has 1 aliphatic rings. The van der Waals surface area contributed by atoms with Gasteiger partial charge < -0.3 is 10.0 Å². The Morgan fingerprint density at radius 1 is 1.25 bits per heavy atom. The number of hydrogen-bond acceptors (Lipinski definition) is 2. The zero-order chi connectivity index (χ0) is 14.8. The SMILES string of the molecule is CCC1(CC)CCN(c2cc(Br)ccc2C(C)O)CC1. The second-order valence-corrected chi connectivity index (χ2v) is 6.99. The summed E-state index contributed by atoms with van der Waals surface area (Å²) in [4.78, 5) is 2.44. The highest BCUT2D eigenvalue weighted by Crippen LogP contribution is 2.40. The molecule has 1 aliphatic heterocycles. The number of aliphatic hydroxyl groups excluding tert-OH is 1. The van der Waals surface area contributed by atoms with E-state index in [1.165, 1.54) is 31.4 Å². The molecule has 1 aromatic rings. The lowest BCUT2D eigenvalue weighted by Crippen LogP contribution is -2.40. The Labute approximate surface area is 131 Å². The number of anilines is 1. The van der Waals surface area contributed by atoms with E-state index in [1.807, 2.05) is 19.1 Å². The van der Waals surface area contributed by atoms with Crippen LogP contribution < -0.4 is 4.90 Å². The highest BCUT2D eigenvalue weighted by Gasteiger charge is 2.32. The summed E-state index contributed by atoms with van der Waals surface area (Å²) in [6.07, 6.45) is 4.65. The minimum atomic E-state index is -0.415. The van der Waals surface area contributed by atoms with E-state index in [9.17, 15) is 5.11 Å². The summed E-state index contributed by atoms with van der Waals surface area (Å²) in [6, 6.07) is 6.19. The largest absolute Gasteiger partial charge is 0.389 e. The summed E-state index contributed by atoms with van der Waals surface area (Å²) < 4.78 is 1.08. The smallest absolute Gasteiger partial charge is 0.0782 e. The fourth-order valence-corrected chi connectivity index (χ4v) is 3.67. The lowest BCUT2D eigenvalue weighted by atomic mass is 9.74. The van der Waals surface area contributed by atoms with Crippen LogP contribution in [-0.4, -0.2) is 18.2 Å². The van der Waals surface area contributed by atoms with Gasteiger partial charge in [0.2, 0.25) is 0 Å². The summed E-state index contributed by atoms with van der Waals surface area (Å²) in [6.45, 7) is 8.67. The molecule has 1 unspecified atom stereocenters. The highest BCUT2D eigenvalue weighted by molar-refractivity contribution is 9.10. The summed E-state index contributed by atoms with van der Waals surface area (Å²) in [5.41, 5.74) is 2.76. The summed E-state index contributed by atoms with van der Waals surface area (Å²) in [7, 11) is 0. The van der Waals surface area contributed by atoms with Crippen LogP contribution in [0.2, 0.25) is 0 Å². The molecule has 20 heavy (non-hydrogen) atoms. The van der Waals surface area contributed by atoms with Crippen molar-refractivity contribution in [2.45, 2.75) is 52.6 Å². The first-order valence-corrected chi connectivity index (χ1v) is 8.53. The van der Waals surface area contributed by atoms with Crippen LogP contribution in [0.3, 0.4) is 0 Å². The second-order valence-electron chi connectivity index (χ2n) is 6.07. The van der Waals surface area contributed by atoms with Crippen molar-refractivity contribution >= 4 is 21.6 Å². The van der Waals surface area contributed by atoms with Crippen LogP contribution in [0.4, 0.5) is 5.69 Å². The Morgan fingerprint density at radius 3 is 2.35 bits per heavy atom. The summed E-state index contributed by atoms with van der Waals surface area (Å²) in [5.74, 6) is 0. The normalized spacial score (nSPS) is 19.9. The standard InChI is InChI=1S/C17H26BrNO/c1-4-17(5-2)8-10-19(11-9-17)16-12-14(18)6-7-15(16)13(3)20/h6-7,12-13,20H,4-5,8-11H2,1-3H3. The Morgan fingerprint density at radius 2 is 1.85 bits per heavy atom. The number of hydrogen-bond donors (Lipinski definition) is 1. The van der Waals surface area contributed by atoms with Crippen LogP contribution >= 0.6 is 15.9 Å². The van der Waals surface area contributed by atoms with E-state index < -0.39 is 6.10 Å². The van der Waals surface area contributed by atoms with Crippen molar-refractivity contribution in [1.29, 1.82) is 0 Å². The monoisotopic (exact) mass is 339 g/mol. The Bertz CT molecular complexity index is 444. The first kappa shape index (κ1) is 15.8. The van der Waals surface area contributed by atoms with Gasteiger partial charge in [-0.2, -0.15) is 0 Å². The molecule has 0 saturated carbocycles. The van der Waals surface area contributed by atoms with Gasteiger partial charge in [-0.1, -0.05) is 48.7 Å². The van der Waals surface area contributed by atoms with Gasteiger partial charge in [-0.3, -0.25) is 0 Å². The van der Waals surface area contributed by atoms with Gasteiger partial charge in [0.15, 0.2) is 0 Å². The molecule has 2 nitrogen and oxygen atoms in total. The Kier molecular flexibility index (Phi) is 5.14. The number of benzene rings is 1. The average Bonchev–Trinajstić information content (AvgIpc) is 2.47. The molecule has 1 saturated heterocycles. The van der Waals surface area contributed by atoms with E-state index in [4.69, 9.17) is 0 Å². The number of nitrogens with zero attached hydrogens (tertiary/aromatic N) is 1. The average molecular weight is 340 g/mol. The van der Waals surface area contributed by atoms with Crippen LogP contribution in [0.25, 0.3) is 0 Å². The minimum absolute atomic E-state index is 0.415. The van der Waals surface area contributed by atoms with Gasteiger partial charge in [0.25, 0.3) is 0 Å². The number of aliphatic hydroxyl groups is 1. The molecule has 0 spiro atoms. The molecule has 0 bridgehead atoms. The maximum absolute atomic E-state index is 9.98. The van der Waals surface area contributed by atoms with Gasteiger partial charge in [0, 0.05) is 28.8 Å². The van der Waals surface area contributed by atoms with Crippen LogP contribution in [0.15, 0.2) is 22.7 Å². The van der Waals surface area contributed by atoms with Gasteiger partial charge in [-0.15, -0.1) is 0 Å². The molecule has 1 aromatic carbocycles. The van der Waals surface area contributed by atoms with Crippen molar-refractivity contribution in [2.75, 3.05) is 18.0 Å². The van der Waals surface area contributed by atoms with E-state index in [0.717, 1.165) is 23.1 Å². The Hall–Kier alpha value is -0.540. The fraction of sp³-hybridized carbons (Fsp3) is 0.647. The van der Waals surface area contributed by atoms with E-state index in [0.29, 0.717) is 5.41 Å². The fourth-order valence-electron chi connectivity index (χ4n) is 3.32. The van der Waals surface area contributed by atoms with E-state index in [2.05, 4.69) is 40.7 Å². The molecule has 0 aromatic heterocycles. The van der Waals surface area contributed by atoms with Crippen LogP contribution in [0.1, 0.15) is 58.1 Å². The van der Waals surface area contributed by atoms with Crippen LogP contribution in [0.5, 0.6) is 0 Å². The predicted octanol–water partition coefficient (Wildman–Crippen LogP) is 4.91. The highest BCUT2D eigenvalue weighted by atomic mass is 79.9. The molecule has 0 amide bonds. The molecule has 0 radical (unpaired) electrons. The molecule has 0 aliphatic carbocycles. The van der Waals surface area contributed by atoms with E-state index >= 15 is 0 Å². The van der Waals surface area contributed by atoms with Crippen molar-refractivity contribution in [3.63, 3.8) is 0 Å². The molecular weight excluding hydrogens is 314 g/mol. The zero-order valence-corrected chi connectivity index (χ0v) is 14.4. The van der Waals surface area contributed by atoms with Crippen LogP contribution in [0, 0.1) is 5.41 Å².